The highest BCUT2D eigenvalue weighted by atomic mass is 19.1. The van der Waals surface area contributed by atoms with Crippen molar-refractivity contribution in [3.63, 3.8) is 0 Å². The van der Waals surface area contributed by atoms with Gasteiger partial charge in [0.05, 0.1) is 18.3 Å². The Morgan fingerprint density at radius 2 is 1.91 bits per heavy atom. The largest absolute Gasteiger partial charge is 0.449 e. The lowest BCUT2D eigenvalue weighted by Gasteiger charge is -2.33. The van der Waals surface area contributed by atoms with Gasteiger partial charge in [-0.15, -0.1) is 0 Å². The molecule has 3 nitrogen and oxygen atoms in total. The van der Waals surface area contributed by atoms with Crippen LogP contribution in [0.1, 0.15) is 24.1 Å². The number of anilines is 1. The zero-order valence-electron chi connectivity index (χ0n) is 12.2. The summed E-state index contributed by atoms with van der Waals surface area (Å²) in [7, 11) is 0. The number of ether oxygens (including phenoxy) is 1. The summed E-state index contributed by atoms with van der Waals surface area (Å²) in [5, 5.41) is 0. The molecule has 22 heavy (non-hydrogen) atoms. The van der Waals surface area contributed by atoms with Crippen LogP contribution in [0.2, 0.25) is 0 Å². The van der Waals surface area contributed by atoms with Crippen LogP contribution in [0.15, 0.2) is 54.6 Å². The van der Waals surface area contributed by atoms with E-state index in [0.717, 1.165) is 16.8 Å². The number of amides is 1. The molecule has 0 fully saturated rings. The highest BCUT2D eigenvalue weighted by Crippen LogP contribution is 2.36. The van der Waals surface area contributed by atoms with Gasteiger partial charge < -0.3 is 4.74 Å². The lowest BCUT2D eigenvalue weighted by atomic mass is 9.98. The number of fused-ring (bicyclic) bond motifs is 1. The first-order chi connectivity index (χ1) is 10.7. The summed E-state index contributed by atoms with van der Waals surface area (Å²) in [4.78, 5) is 14.0. The van der Waals surface area contributed by atoms with Crippen molar-refractivity contribution in [3.8, 4) is 0 Å². The van der Waals surface area contributed by atoms with E-state index in [0.29, 0.717) is 6.61 Å². The smallest absolute Gasteiger partial charge is 0.415 e. The summed E-state index contributed by atoms with van der Waals surface area (Å²) >= 11 is 0. The Morgan fingerprint density at radius 3 is 2.64 bits per heavy atom. The van der Waals surface area contributed by atoms with Gasteiger partial charge in [-0.3, -0.25) is 4.90 Å². The van der Waals surface area contributed by atoms with E-state index in [1.807, 2.05) is 36.4 Å². The maximum Gasteiger partial charge on any atom is 0.415 e. The summed E-state index contributed by atoms with van der Waals surface area (Å²) in [6.45, 7) is 2.08. The molecule has 1 heterocycles. The molecule has 1 aliphatic heterocycles. The Morgan fingerprint density at radius 1 is 1.18 bits per heavy atom. The number of hydrogen-bond donors (Lipinski definition) is 0. The van der Waals surface area contributed by atoms with Crippen molar-refractivity contribution in [1.82, 2.24) is 0 Å². The van der Waals surface area contributed by atoms with Crippen molar-refractivity contribution < 1.29 is 13.9 Å². The lowest BCUT2D eigenvalue weighted by molar-refractivity contribution is 0.158. The van der Waals surface area contributed by atoms with Crippen molar-refractivity contribution in [3.05, 3.63) is 71.6 Å². The van der Waals surface area contributed by atoms with E-state index >= 15 is 0 Å². The van der Waals surface area contributed by atoms with Gasteiger partial charge in [0.25, 0.3) is 0 Å². The summed E-state index contributed by atoms with van der Waals surface area (Å²) < 4.78 is 18.3. The summed E-state index contributed by atoms with van der Waals surface area (Å²) in [5.74, 6) is -0.299. The lowest BCUT2D eigenvalue weighted by Crippen LogP contribution is -2.36. The molecule has 0 spiro atoms. The van der Waals surface area contributed by atoms with E-state index in [-0.39, 0.29) is 11.9 Å². The molecule has 0 saturated heterocycles. The quantitative estimate of drug-likeness (QED) is 0.813. The van der Waals surface area contributed by atoms with Crippen molar-refractivity contribution in [2.75, 3.05) is 11.5 Å². The van der Waals surface area contributed by atoms with E-state index in [1.165, 1.54) is 12.1 Å². The second-order valence-corrected chi connectivity index (χ2v) is 4.98. The molecule has 2 aromatic carbocycles. The van der Waals surface area contributed by atoms with Gasteiger partial charge in [0, 0.05) is 0 Å². The highest BCUT2D eigenvalue weighted by molar-refractivity contribution is 5.93. The minimum absolute atomic E-state index is 0.299. The average Bonchev–Trinajstić information content (AvgIpc) is 2.55. The van der Waals surface area contributed by atoms with Crippen LogP contribution in [0.3, 0.4) is 0 Å². The number of carbonyl (C=O) groups excluding carboxylic acids is 1. The number of halogens is 1. The zero-order valence-corrected chi connectivity index (χ0v) is 12.2. The average molecular weight is 297 g/mol. The van der Waals surface area contributed by atoms with Crippen molar-refractivity contribution in [1.29, 1.82) is 0 Å². The fraction of sp³-hybridized carbons (Fsp3) is 0.167. The second kappa shape index (κ2) is 6.02. The number of rotatable bonds is 2. The molecule has 0 aliphatic carbocycles. The Hall–Kier alpha value is -2.62. The van der Waals surface area contributed by atoms with Crippen molar-refractivity contribution >= 4 is 17.9 Å². The molecule has 3 rings (SSSR count). The summed E-state index contributed by atoms with van der Waals surface area (Å²) in [6.07, 6.45) is 3.49. The second-order valence-electron chi connectivity index (χ2n) is 4.98. The fourth-order valence-electron chi connectivity index (χ4n) is 2.60. The van der Waals surface area contributed by atoms with Gasteiger partial charge in [0.1, 0.15) is 5.82 Å². The van der Waals surface area contributed by atoms with Crippen LogP contribution in [-0.4, -0.2) is 12.7 Å². The molecule has 0 saturated carbocycles. The number of nitrogens with zero attached hydrogens (tertiary/aromatic N) is 1. The molecule has 112 valence electrons. The molecule has 1 atom stereocenters. The fourth-order valence-corrected chi connectivity index (χ4v) is 2.60. The summed E-state index contributed by atoms with van der Waals surface area (Å²) in [5.41, 5.74) is 2.58. The van der Waals surface area contributed by atoms with Crippen LogP contribution in [-0.2, 0) is 4.74 Å². The Labute approximate surface area is 128 Å². The van der Waals surface area contributed by atoms with Gasteiger partial charge >= 0.3 is 6.09 Å². The van der Waals surface area contributed by atoms with Gasteiger partial charge in [-0.05, 0) is 36.2 Å². The van der Waals surface area contributed by atoms with Crippen LogP contribution >= 0.6 is 0 Å². The summed E-state index contributed by atoms with van der Waals surface area (Å²) in [6, 6.07) is 13.5. The van der Waals surface area contributed by atoms with Gasteiger partial charge in [-0.2, -0.15) is 0 Å². The maximum atomic E-state index is 13.1. The third kappa shape index (κ3) is 2.60. The molecule has 4 heteroatoms. The molecule has 2 aromatic rings. The monoisotopic (exact) mass is 297 g/mol. The Balaban J connectivity index is 2.05. The van der Waals surface area contributed by atoms with Crippen molar-refractivity contribution in [2.24, 2.45) is 0 Å². The van der Waals surface area contributed by atoms with Crippen LogP contribution in [0.4, 0.5) is 14.9 Å². The van der Waals surface area contributed by atoms with Gasteiger partial charge in [0.15, 0.2) is 0 Å². The zero-order chi connectivity index (χ0) is 15.5. The predicted molar refractivity (Wildman–Crippen MR) is 84.1 cm³/mol. The van der Waals surface area contributed by atoms with Gasteiger partial charge in [-0.1, -0.05) is 42.5 Å². The van der Waals surface area contributed by atoms with Crippen LogP contribution in [0.5, 0.6) is 0 Å². The van der Waals surface area contributed by atoms with Gasteiger partial charge in [-0.25, -0.2) is 9.18 Å². The molecular weight excluding hydrogens is 281 g/mol. The predicted octanol–water partition coefficient (Wildman–Crippen LogP) is 4.56. The standard InChI is InChI=1S/C18H16FNO2/c1-2-22-18(21)20-16-6-4-3-5-13(16)9-12-17(20)14-7-10-15(19)11-8-14/h3-12,17H,2H2,1H3/t17-/m1/s1. The van der Waals surface area contributed by atoms with Crippen LogP contribution in [0.25, 0.3) is 6.08 Å². The topological polar surface area (TPSA) is 29.5 Å². The minimum Gasteiger partial charge on any atom is -0.449 e. The van der Waals surface area contributed by atoms with E-state index in [4.69, 9.17) is 4.74 Å². The first kappa shape index (κ1) is 14.3. The third-order valence-electron chi connectivity index (χ3n) is 3.61. The van der Waals surface area contributed by atoms with E-state index in [2.05, 4.69) is 0 Å². The SMILES string of the molecule is CCOC(=O)N1c2ccccc2C=C[C@@H]1c1ccc(F)cc1. The third-order valence-corrected chi connectivity index (χ3v) is 3.61. The molecule has 0 bridgehead atoms. The normalized spacial score (nSPS) is 16.3. The maximum absolute atomic E-state index is 13.1. The molecule has 0 N–H and O–H groups in total. The molecular formula is C18H16FNO2. The number of carbonyl (C=O) groups is 1. The van der Waals surface area contributed by atoms with Gasteiger partial charge in [0.2, 0.25) is 0 Å². The number of para-hydroxylation sites is 1. The highest BCUT2D eigenvalue weighted by Gasteiger charge is 2.30. The Bertz CT molecular complexity index is 709. The first-order valence-electron chi connectivity index (χ1n) is 7.19. The molecule has 0 aromatic heterocycles. The van der Waals surface area contributed by atoms with Crippen molar-refractivity contribution in [2.45, 2.75) is 13.0 Å². The minimum atomic E-state index is -0.409. The molecule has 1 amide bonds. The van der Waals surface area contributed by atoms with Crippen LogP contribution < -0.4 is 4.90 Å². The van der Waals surface area contributed by atoms with Crippen LogP contribution in [0, 0.1) is 5.82 Å². The number of benzene rings is 2. The Kier molecular flexibility index (Phi) is 3.92. The number of hydrogen-bond acceptors (Lipinski definition) is 2. The molecule has 1 aliphatic rings. The van der Waals surface area contributed by atoms with E-state index in [9.17, 15) is 9.18 Å². The first-order valence-corrected chi connectivity index (χ1v) is 7.19. The van der Waals surface area contributed by atoms with E-state index < -0.39 is 6.09 Å². The molecule has 0 radical (unpaired) electrons. The van der Waals surface area contributed by atoms with E-state index in [1.54, 1.807) is 24.0 Å². The molecule has 0 unspecified atom stereocenters.